The Morgan fingerprint density at radius 3 is 2.79 bits per heavy atom. The number of fused-ring (bicyclic) bond motifs is 1. The van der Waals surface area contributed by atoms with E-state index in [0.717, 1.165) is 0 Å². The number of nitrogens with zero attached hydrogens (tertiary/aromatic N) is 2. The molecule has 2 heterocycles. The average Bonchev–Trinajstić information content (AvgIpc) is 3.01. The number of hydrogen-bond donors (Lipinski definition) is 2. The van der Waals surface area contributed by atoms with Crippen molar-refractivity contribution in [3.8, 4) is 0 Å². The summed E-state index contributed by atoms with van der Waals surface area (Å²) in [5.74, 6) is -4.61. The fraction of sp³-hybridized carbons (Fsp3) is 0.316. The molecule has 6 nitrogen and oxygen atoms in total. The summed E-state index contributed by atoms with van der Waals surface area (Å²) in [6, 6.07) is 4.03. The first-order chi connectivity index (χ1) is 15.3. The third kappa shape index (κ3) is 4.24. The number of benzene rings is 1. The van der Waals surface area contributed by atoms with E-state index in [0.29, 0.717) is 17.8 Å². The fourth-order valence-electron chi connectivity index (χ4n) is 2.79. The third-order valence-corrected chi connectivity index (χ3v) is 4.17. The minimum Gasteiger partial charge on any atom is -0.366 e. The maximum Gasteiger partial charge on any atom is 0.256 e. The molecular weight excluding hydrogens is 373 g/mol. The molecule has 0 saturated heterocycles. The number of pyridine rings is 1. The molecule has 0 spiro atoms. The van der Waals surface area contributed by atoms with Crippen molar-refractivity contribution in [2.45, 2.75) is 26.3 Å². The molecule has 2 amide bonds. The minimum absolute atomic E-state index is 0.0211. The highest BCUT2D eigenvalue weighted by atomic mass is 19.1. The van der Waals surface area contributed by atoms with E-state index in [1.54, 1.807) is 0 Å². The summed E-state index contributed by atoms with van der Waals surface area (Å²) in [4.78, 5) is 29.9. The van der Waals surface area contributed by atoms with Gasteiger partial charge in [-0.05, 0) is 12.1 Å². The Bertz CT molecular complexity index is 1070. The lowest BCUT2D eigenvalue weighted by atomic mass is 10.2. The van der Waals surface area contributed by atoms with E-state index in [2.05, 4.69) is 15.6 Å². The van der Waals surface area contributed by atoms with Crippen LogP contribution in [-0.2, 0) is 17.9 Å². The molecule has 0 bridgehead atoms. The van der Waals surface area contributed by atoms with Crippen molar-refractivity contribution in [1.82, 2.24) is 15.2 Å². The number of halogens is 3. The van der Waals surface area contributed by atoms with E-state index >= 15 is 0 Å². The van der Waals surface area contributed by atoms with Gasteiger partial charge in [-0.25, -0.2) is 18.2 Å². The summed E-state index contributed by atoms with van der Waals surface area (Å²) in [5, 5.41) is 4.88. The molecule has 0 atom stereocenters. The second kappa shape index (κ2) is 8.28. The monoisotopic (exact) mass is 397 g/mol. The Morgan fingerprint density at radius 1 is 1.32 bits per heavy atom. The van der Waals surface area contributed by atoms with Crippen LogP contribution in [0.25, 0.3) is 0 Å². The van der Waals surface area contributed by atoms with Crippen molar-refractivity contribution in [3.63, 3.8) is 0 Å². The van der Waals surface area contributed by atoms with Gasteiger partial charge in [-0.15, -0.1) is 0 Å². The Morgan fingerprint density at radius 2 is 2.07 bits per heavy atom. The SMILES string of the molecule is [2H]C([2H])([2H])C([2H])([2H])C(=O)NCCN1Cc2nc(NCc3c(F)cc(F)cc3F)ccc2C1=O. The fourth-order valence-corrected chi connectivity index (χ4v) is 2.79. The zero-order chi connectivity index (χ0) is 24.6. The van der Waals surface area contributed by atoms with E-state index in [4.69, 9.17) is 6.85 Å². The molecule has 9 heteroatoms. The number of nitrogens with one attached hydrogen (secondary N) is 2. The van der Waals surface area contributed by atoms with E-state index in [1.807, 2.05) is 0 Å². The molecule has 28 heavy (non-hydrogen) atoms. The Hall–Kier alpha value is -3.10. The number of anilines is 1. The van der Waals surface area contributed by atoms with Crippen LogP contribution in [0.1, 0.15) is 41.7 Å². The van der Waals surface area contributed by atoms with Gasteiger partial charge in [0.05, 0.1) is 17.8 Å². The van der Waals surface area contributed by atoms with Crippen LogP contribution < -0.4 is 10.6 Å². The van der Waals surface area contributed by atoms with E-state index in [9.17, 15) is 22.8 Å². The van der Waals surface area contributed by atoms with Crippen molar-refractivity contribution in [1.29, 1.82) is 0 Å². The first-order valence-electron chi connectivity index (χ1n) is 10.8. The van der Waals surface area contributed by atoms with Crippen molar-refractivity contribution in [2.24, 2.45) is 0 Å². The highest BCUT2D eigenvalue weighted by Crippen LogP contribution is 2.23. The van der Waals surface area contributed by atoms with Crippen LogP contribution in [0.2, 0.25) is 0 Å². The van der Waals surface area contributed by atoms with Gasteiger partial charge in [-0.1, -0.05) is 6.85 Å². The number of hydrogen-bond acceptors (Lipinski definition) is 4. The molecule has 0 radical (unpaired) electrons. The number of aromatic nitrogens is 1. The van der Waals surface area contributed by atoms with Crippen LogP contribution in [0.5, 0.6) is 0 Å². The van der Waals surface area contributed by atoms with Crippen molar-refractivity contribution in [3.05, 3.63) is 58.5 Å². The summed E-state index contributed by atoms with van der Waals surface area (Å²) >= 11 is 0. The number of rotatable bonds is 7. The molecule has 1 aliphatic rings. The first-order valence-corrected chi connectivity index (χ1v) is 8.26. The standard InChI is InChI=1S/C19H19F3N4O2/c1-2-18(27)23-5-6-26-10-16-12(19(26)28)3-4-17(25-16)24-9-13-14(21)7-11(20)8-15(13)22/h3-4,7-8H,2,5-6,9-10H2,1H3,(H,23,27)(H,24,25)/i1D3,2D2. The second-order valence-electron chi connectivity index (χ2n) is 6.00. The van der Waals surface area contributed by atoms with Gasteiger partial charge in [-0.2, -0.15) is 0 Å². The highest BCUT2D eigenvalue weighted by molar-refractivity contribution is 5.98. The summed E-state index contributed by atoms with van der Waals surface area (Å²) in [6.45, 7) is -3.58. The van der Waals surface area contributed by atoms with Gasteiger partial charge in [-0.3, -0.25) is 9.59 Å². The maximum atomic E-state index is 13.8. The van der Waals surface area contributed by atoms with E-state index in [1.165, 1.54) is 17.0 Å². The van der Waals surface area contributed by atoms with Crippen molar-refractivity contribution in [2.75, 3.05) is 18.4 Å². The molecule has 1 aromatic heterocycles. The quantitative estimate of drug-likeness (QED) is 0.753. The summed E-state index contributed by atoms with van der Waals surface area (Å²) in [6.07, 6.45) is -3.07. The number of carbonyl (C=O) groups excluding carboxylic acids is 2. The number of carbonyl (C=O) groups is 2. The first kappa shape index (κ1) is 14.0. The molecule has 3 rings (SSSR count). The summed E-state index contributed by atoms with van der Waals surface area (Å²) in [7, 11) is 0. The van der Waals surface area contributed by atoms with Gasteiger partial charge in [0.2, 0.25) is 5.91 Å². The molecule has 1 aromatic carbocycles. The van der Waals surface area contributed by atoms with Crippen LogP contribution >= 0.6 is 0 Å². The normalized spacial score (nSPS) is 16.5. The minimum atomic E-state index is -3.14. The Balaban J connectivity index is 1.59. The average molecular weight is 397 g/mol. The van der Waals surface area contributed by atoms with Gasteiger partial charge >= 0.3 is 0 Å². The van der Waals surface area contributed by atoms with E-state index in [-0.39, 0.29) is 43.1 Å². The lowest BCUT2D eigenvalue weighted by Crippen LogP contribution is -2.34. The van der Waals surface area contributed by atoms with Crippen LogP contribution in [0, 0.1) is 17.5 Å². The predicted molar refractivity (Wildman–Crippen MR) is 95.9 cm³/mol. The van der Waals surface area contributed by atoms with Gasteiger partial charge in [0.15, 0.2) is 0 Å². The third-order valence-electron chi connectivity index (χ3n) is 4.17. The van der Waals surface area contributed by atoms with Crippen molar-refractivity contribution >= 4 is 17.6 Å². The topological polar surface area (TPSA) is 74.3 Å². The van der Waals surface area contributed by atoms with Crippen LogP contribution in [0.15, 0.2) is 24.3 Å². The lowest BCUT2D eigenvalue weighted by Gasteiger charge is -2.15. The summed E-state index contributed by atoms with van der Waals surface area (Å²) < 4.78 is 76.7. The molecule has 0 saturated carbocycles. The van der Waals surface area contributed by atoms with Gasteiger partial charge in [0.1, 0.15) is 23.3 Å². The predicted octanol–water partition coefficient (Wildman–Crippen LogP) is 2.59. The Labute approximate surface area is 166 Å². The van der Waals surface area contributed by atoms with Crippen LogP contribution in [0.3, 0.4) is 0 Å². The zero-order valence-corrected chi connectivity index (χ0v) is 14.5. The van der Waals surface area contributed by atoms with Crippen LogP contribution in [-0.4, -0.2) is 34.8 Å². The molecule has 0 unspecified atom stereocenters. The van der Waals surface area contributed by atoms with Gasteiger partial charge in [0.25, 0.3) is 5.91 Å². The molecule has 148 valence electrons. The molecule has 1 aliphatic heterocycles. The molecule has 2 aromatic rings. The van der Waals surface area contributed by atoms with Crippen molar-refractivity contribution < 1.29 is 29.6 Å². The largest absolute Gasteiger partial charge is 0.366 e. The molecule has 0 aliphatic carbocycles. The molecule has 0 fully saturated rings. The van der Waals surface area contributed by atoms with E-state index < -0.39 is 42.5 Å². The van der Waals surface area contributed by atoms with Gasteiger partial charge < -0.3 is 15.5 Å². The molecular formula is C19H19F3N4O2. The van der Waals surface area contributed by atoms with Crippen LogP contribution in [0.4, 0.5) is 19.0 Å². The zero-order valence-electron chi connectivity index (χ0n) is 19.5. The number of amides is 2. The molecule has 2 N–H and O–H groups in total. The maximum absolute atomic E-state index is 13.8. The summed E-state index contributed by atoms with van der Waals surface area (Å²) in [5.41, 5.74) is 0.280. The smallest absolute Gasteiger partial charge is 0.256 e. The highest BCUT2D eigenvalue weighted by Gasteiger charge is 2.28. The lowest BCUT2D eigenvalue weighted by molar-refractivity contribution is -0.120. The van der Waals surface area contributed by atoms with Gasteiger partial charge in [0, 0.05) is 50.6 Å². The Kier molecular flexibility index (Phi) is 4.13. The second-order valence-corrected chi connectivity index (χ2v) is 6.00.